The Morgan fingerprint density at radius 1 is 1.75 bits per heavy atom. The fourth-order valence-electron chi connectivity index (χ4n) is 0.906. The third-order valence-electron chi connectivity index (χ3n) is 1.92. The van der Waals surface area contributed by atoms with Crippen molar-refractivity contribution in [1.82, 2.24) is 9.55 Å². The van der Waals surface area contributed by atoms with E-state index in [-0.39, 0.29) is 17.5 Å². The average Bonchev–Trinajstić information content (AvgIpc) is 2.48. The van der Waals surface area contributed by atoms with Crippen LogP contribution in [0.25, 0.3) is 0 Å². The second-order valence-corrected chi connectivity index (χ2v) is 2.78. The van der Waals surface area contributed by atoms with Crippen molar-refractivity contribution in [2.75, 3.05) is 0 Å². The van der Waals surface area contributed by atoms with Crippen molar-refractivity contribution < 1.29 is 4.79 Å². The fourth-order valence-corrected chi connectivity index (χ4v) is 0.906. The molecule has 0 radical (unpaired) electrons. The van der Waals surface area contributed by atoms with Crippen LogP contribution in [0.15, 0.2) is 17.2 Å². The summed E-state index contributed by atoms with van der Waals surface area (Å²) in [6.07, 6.45) is 3.66. The second kappa shape index (κ2) is 3.38. The smallest absolute Gasteiger partial charge is 0.312 e. The number of hydrogen-bond donors (Lipinski definition) is 1. The van der Waals surface area contributed by atoms with Crippen LogP contribution in [0.5, 0.6) is 0 Å². The normalized spacial score (nSPS) is 12.8. The first-order valence-corrected chi connectivity index (χ1v) is 3.97. The van der Waals surface area contributed by atoms with Gasteiger partial charge in [-0.25, -0.2) is 9.36 Å². The van der Waals surface area contributed by atoms with E-state index in [1.165, 1.54) is 12.4 Å². The standard InChI is InChI=1S/C8H12N2O2/c1-3-6(2)7(11)10-5-4-9-8(10)12/h4-6H,3H2,1-2H3,(H,9,12)/t6-/m1/s1. The molecule has 0 fully saturated rings. The summed E-state index contributed by atoms with van der Waals surface area (Å²) in [7, 11) is 0. The molecule has 1 aromatic heterocycles. The highest BCUT2D eigenvalue weighted by molar-refractivity contribution is 5.80. The molecule has 1 heterocycles. The van der Waals surface area contributed by atoms with Crippen molar-refractivity contribution in [3.05, 3.63) is 22.9 Å². The number of nitrogens with zero attached hydrogens (tertiary/aromatic N) is 1. The Hall–Kier alpha value is -1.32. The minimum atomic E-state index is -0.361. The van der Waals surface area contributed by atoms with Gasteiger partial charge in [0.1, 0.15) is 0 Å². The maximum atomic E-state index is 11.4. The number of carbonyl (C=O) groups is 1. The van der Waals surface area contributed by atoms with Gasteiger partial charge in [-0.1, -0.05) is 13.8 Å². The summed E-state index contributed by atoms with van der Waals surface area (Å²) in [6.45, 7) is 3.72. The van der Waals surface area contributed by atoms with Crippen LogP contribution in [-0.4, -0.2) is 15.5 Å². The van der Waals surface area contributed by atoms with E-state index >= 15 is 0 Å². The molecule has 0 saturated heterocycles. The Kier molecular flexibility index (Phi) is 2.47. The number of H-pyrrole nitrogens is 1. The lowest BCUT2D eigenvalue weighted by Gasteiger charge is -2.05. The number of aromatic nitrogens is 2. The van der Waals surface area contributed by atoms with Crippen LogP contribution in [0.1, 0.15) is 25.1 Å². The van der Waals surface area contributed by atoms with Crippen molar-refractivity contribution in [2.24, 2.45) is 5.92 Å². The summed E-state index contributed by atoms with van der Waals surface area (Å²) in [5.74, 6) is -0.248. The Morgan fingerprint density at radius 2 is 2.42 bits per heavy atom. The van der Waals surface area contributed by atoms with Gasteiger partial charge in [-0.3, -0.25) is 4.79 Å². The summed E-state index contributed by atoms with van der Waals surface area (Å²) < 4.78 is 1.11. The Labute approximate surface area is 70.2 Å². The van der Waals surface area contributed by atoms with E-state index in [1.807, 2.05) is 13.8 Å². The summed E-state index contributed by atoms with van der Waals surface area (Å²) >= 11 is 0. The lowest BCUT2D eigenvalue weighted by Crippen LogP contribution is -2.27. The Balaban J connectivity index is 2.93. The van der Waals surface area contributed by atoms with Gasteiger partial charge in [-0.05, 0) is 6.42 Å². The molecule has 0 aliphatic heterocycles. The maximum absolute atomic E-state index is 11.4. The number of aromatic amines is 1. The first-order chi connectivity index (χ1) is 5.66. The minimum Gasteiger partial charge on any atom is -0.312 e. The number of rotatable bonds is 2. The molecule has 0 aliphatic carbocycles. The highest BCUT2D eigenvalue weighted by Crippen LogP contribution is 2.02. The van der Waals surface area contributed by atoms with Gasteiger partial charge in [-0.2, -0.15) is 0 Å². The van der Waals surface area contributed by atoms with Crippen LogP contribution in [0.4, 0.5) is 0 Å². The molecule has 4 nitrogen and oxygen atoms in total. The van der Waals surface area contributed by atoms with E-state index in [0.29, 0.717) is 0 Å². The first-order valence-electron chi connectivity index (χ1n) is 3.97. The molecule has 1 aromatic rings. The quantitative estimate of drug-likeness (QED) is 0.712. The zero-order chi connectivity index (χ0) is 9.14. The number of nitrogens with one attached hydrogen (secondary N) is 1. The van der Waals surface area contributed by atoms with Crippen LogP contribution in [0.2, 0.25) is 0 Å². The fraction of sp³-hybridized carbons (Fsp3) is 0.500. The molecule has 1 N–H and O–H groups in total. The molecule has 0 aliphatic rings. The second-order valence-electron chi connectivity index (χ2n) is 2.78. The summed E-state index contributed by atoms with van der Waals surface area (Å²) in [6, 6.07) is 0. The number of imidazole rings is 1. The zero-order valence-electron chi connectivity index (χ0n) is 7.20. The lowest BCUT2D eigenvalue weighted by atomic mass is 10.1. The molecule has 0 unspecified atom stereocenters. The van der Waals surface area contributed by atoms with E-state index in [4.69, 9.17) is 0 Å². The van der Waals surface area contributed by atoms with Crippen molar-refractivity contribution in [3.8, 4) is 0 Å². The van der Waals surface area contributed by atoms with Crippen LogP contribution < -0.4 is 5.69 Å². The number of hydrogen-bond acceptors (Lipinski definition) is 2. The molecular formula is C8H12N2O2. The Morgan fingerprint density at radius 3 is 2.83 bits per heavy atom. The van der Waals surface area contributed by atoms with Crippen LogP contribution >= 0.6 is 0 Å². The monoisotopic (exact) mass is 168 g/mol. The van der Waals surface area contributed by atoms with Crippen molar-refractivity contribution in [3.63, 3.8) is 0 Å². The van der Waals surface area contributed by atoms with E-state index < -0.39 is 0 Å². The average molecular weight is 168 g/mol. The molecule has 0 aromatic carbocycles. The van der Waals surface area contributed by atoms with Gasteiger partial charge < -0.3 is 4.98 Å². The highest BCUT2D eigenvalue weighted by atomic mass is 16.2. The molecule has 0 bridgehead atoms. The Bertz CT molecular complexity index is 324. The predicted octanol–water partition coefficient (Wildman–Crippen LogP) is 0.863. The topological polar surface area (TPSA) is 54.9 Å². The van der Waals surface area contributed by atoms with E-state index in [2.05, 4.69) is 4.98 Å². The van der Waals surface area contributed by atoms with E-state index in [1.54, 1.807) is 0 Å². The summed E-state index contributed by atoms with van der Waals surface area (Å²) in [4.78, 5) is 24.8. The lowest BCUT2D eigenvalue weighted by molar-refractivity contribution is 0.0838. The molecule has 0 saturated carbocycles. The van der Waals surface area contributed by atoms with Crippen molar-refractivity contribution in [1.29, 1.82) is 0 Å². The van der Waals surface area contributed by atoms with E-state index in [0.717, 1.165) is 11.0 Å². The highest BCUT2D eigenvalue weighted by Gasteiger charge is 2.13. The summed E-state index contributed by atoms with van der Waals surface area (Å²) in [5, 5.41) is 0. The number of carbonyl (C=O) groups excluding carboxylic acids is 1. The van der Waals surface area contributed by atoms with Gasteiger partial charge in [0, 0.05) is 18.3 Å². The minimum absolute atomic E-state index is 0.0986. The van der Waals surface area contributed by atoms with Crippen molar-refractivity contribution in [2.45, 2.75) is 20.3 Å². The van der Waals surface area contributed by atoms with Gasteiger partial charge in [0.2, 0.25) is 5.91 Å². The van der Waals surface area contributed by atoms with Gasteiger partial charge in [-0.15, -0.1) is 0 Å². The molecule has 0 spiro atoms. The van der Waals surface area contributed by atoms with Gasteiger partial charge in [0.25, 0.3) is 0 Å². The molecule has 0 amide bonds. The van der Waals surface area contributed by atoms with Crippen molar-refractivity contribution >= 4 is 5.91 Å². The first kappa shape index (κ1) is 8.77. The van der Waals surface area contributed by atoms with Crippen LogP contribution in [0.3, 0.4) is 0 Å². The summed E-state index contributed by atoms with van der Waals surface area (Å²) in [5.41, 5.74) is -0.361. The van der Waals surface area contributed by atoms with Gasteiger partial charge in [0.15, 0.2) is 0 Å². The third kappa shape index (κ3) is 1.47. The molecule has 1 atom stereocenters. The molecule has 4 heteroatoms. The third-order valence-corrected chi connectivity index (χ3v) is 1.92. The molecule has 66 valence electrons. The predicted molar refractivity (Wildman–Crippen MR) is 45.1 cm³/mol. The molecule has 12 heavy (non-hydrogen) atoms. The molecular weight excluding hydrogens is 156 g/mol. The van der Waals surface area contributed by atoms with E-state index in [9.17, 15) is 9.59 Å². The zero-order valence-corrected chi connectivity index (χ0v) is 7.20. The van der Waals surface area contributed by atoms with Crippen LogP contribution in [-0.2, 0) is 0 Å². The SMILES string of the molecule is CC[C@@H](C)C(=O)n1cc[nH]c1=O. The molecule has 1 rings (SSSR count). The van der Waals surface area contributed by atoms with Gasteiger partial charge in [0.05, 0.1) is 0 Å². The maximum Gasteiger partial charge on any atom is 0.332 e. The largest absolute Gasteiger partial charge is 0.332 e. The van der Waals surface area contributed by atoms with Gasteiger partial charge >= 0.3 is 5.69 Å². The van der Waals surface area contributed by atoms with Crippen LogP contribution in [0, 0.1) is 5.92 Å².